The largest absolute Gasteiger partial charge is 0.295 e. The summed E-state index contributed by atoms with van der Waals surface area (Å²) in [7, 11) is 0. The highest BCUT2D eigenvalue weighted by molar-refractivity contribution is 6.31. The van der Waals surface area contributed by atoms with E-state index in [9.17, 15) is 4.79 Å². The molecule has 0 fully saturated rings. The second kappa shape index (κ2) is 5.05. The van der Waals surface area contributed by atoms with Gasteiger partial charge < -0.3 is 0 Å². The molecule has 0 amide bonds. The lowest BCUT2D eigenvalue weighted by Crippen LogP contribution is -2.11. The summed E-state index contributed by atoms with van der Waals surface area (Å²) in [5, 5.41) is 0.680. The van der Waals surface area contributed by atoms with Crippen molar-refractivity contribution in [2.75, 3.05) is 0 Å². The zero-order valence-electron chi connectivity index (χ0n) is 10.2. The van der Waals surface area contributed by atoms with Gasteiger partial charge in [0.2, 0.25) is 0 Å². The number of carbonyl (C=O) groups excluding carboxylic acids is 1. The van der Waals surface area contributed by atoms with Crippen LogP contribution >= 0.6 is 11.6 Å². The minimum atomic E-state index is 0.138. The number of ketones is 1. The molecule has 1 atom stereocenters. The Labute approximate surface area is 107 Å². The highest BCUT2D eigenvalue weighted by Gasteiger charge is 2.21. The van der Waals surface area contributed by atoms with Gasteiger partial charge in [0.15, 0.2) is 5.78 Å². The lowest BCUT2D eigenvalue weighted by molar-refractivity contribution is -0.115. The van der Waals surface area contributed by atoms with E-state index in [1.165, 1.54) is 11.1 Å². The summed E-state index contributed by atoms with van der Waals surface area (Å²) in [6.45, 7) is 4.36. The maximum Gasteiger partial charge on any atom is 0.157 e. The quantitative estimate of drug-likeness (QED) is 0.759. The summed E-state index contributed by atoms with van der Waals surface area (Å²) < 4.78 is 0. The van der Waals surface area contributed by atoms with Gasteiger partial charge in [-0.15, -0.1) is 0 Å². The minimum absolute atomic E-state index is 0.138. The Kier molecular flexibility index (Phi) is 3.68. The summed E-state index contributed by atoms with van der Waals surface area (Å²) in [6.07, 6.45) is 2.92. The standard InChI is InChI=1S/C15H17ClO/c1-10(2)11-3-5-12(6-4-11)13-7-14(16)9-15(17)8-13/h3-6,9-10,13H,7-8H2,1-2H3. The van der Waals surface area contributed by atoms with Crippen molar-refractivity contribution in [1.82, 2.24) is 0 Å². The van der Waals surface area contributed by atoms with E-state index in [2.05, 4.69) is 38.1 Å². The normalized spacial score (nSPS) is 20.6. The number of benzene rings is 1. The van der Waals surface area contributed by atoms with E-state index in [0.29, 0.717) is 17.4 Å². The summed E-state index contributed by atoms with van der Waals surface area (Å²) in [4.78, 5) is 11.5. The third-order valence-electron chi connectivity index (χ3n) is 3.28. The summed E-state index contributed by atoms with van der Waals surface area (Å²) in [5.74, 6) is 0.931. The molecule has 1 aliphatic carbocycles. The van der Waals surface area contributed by atoms with E-state index in [1.54, 1.807) is 6.08 Å². The molecule has 0 radical (unpaired) electrons. The van der Waals surface area contributed by atoms with Crippen molar-refractivity contribution in [3.8, 4) is 0 Å². The van der Waals surface area contributed by atoms with E-state index < -0.39 is 0 Å². The molecule has 1 aromatic carbocycles. The molecule has 0 heterocycles. The Morgan fingerprint density at radius 1 is 1.18 bits per heavy atom. The van der Waals surface area contributed by atoms with Crippen LogP contribution in [0.4, 0.5) is 0 Å². The Balaban J connectivity index is 2.18. The van der Waals surface area contributed by atoms with Gasteiger partial charge in [0.1, 0.15) is 0 Å². The zero-order chi connectivity index (χ0) is 12.4. The van der Waals surface area contributed by atoms with Crippen molar-refractivity contribution in [3.63, 3.8) is 0 Å². The molecule has 0 saturated carbocycles. The topological polar surface area (TPSA) is 17.1 Å². The average Bonchev–Trinajstić information content (AvgIpc) is 2.28. The van der Waals surface area contributed by atoms with Gasteiger partial charge in [-0.3, -0.25) is 4.79 Å². The van der Waals surface area contributed by atoms with Gasteiger partial charge in [0.25, 0.3) is 0 Å². The summed E-state index contributed by atoms with van der Waals surface area (Å²) in [5.41, 5.74) is 2.55. The highest BCUT2D eigenvalue weighted by atomic mass is 35.5. The smallest absolute Gasteiger partial charge is 0.157 e. The monoisotopic (exact) mass is 248 g/mol. The Hall–Kier alpha value is -1.08. The van der Waals surface area contributed by atoms with Gasteiger partial charge in [-0.05, 0) is 35.5 Å². The van der Waals surface area contributed by atoms with E-state index in [-0.39, 0.29) is 11.7 Å². The lowest BCUT2D eigenvalue weighted by Gasteiger charge is -2.20. The number of hydrogen-bond acceptors (Lipinski definition) is 1. The molecule has 90 valence electrons. The molecular formula is C15H17ClO. The van der Waals surface area contributed by atoms with Crippen molar-refractivity contribution in [2.24, 2.45) is 0 Å². The van der Waals surface area contributed by atoms with Crippen LogP contribution in [0.2, 0.25) is 0 Å². The number of rotatable bonds is 2. The third-order valence-corrected chi connectivity index (χ3v) is 3.54. The SMILES string of the molecule is CC(C)c1ccc(C2CC(=O)C=C(Cl)C2)cc1. The van der Waals surface area contributed by atoms with Crippen LogP contribution < -0.4 is 0 Å². The van der Waals surface area contributed by atoms with Crippen LogP contribution in [0.3, 0.4) is 0 Å². The second-order valence-electron chi connectivity index (χ2n) is 4.98. The van der Waals surface area contributed by atoms with Crippen molar-refractivity contribution >= 4 is 17.4 Å². The van der Waals surface area contributed by atoms with Crippen molar-refractivity contribution in [1.29, 1.82) is 0 Å². The van der Waals surface area contributed by atoms with Gasteiger partial charge in [0, 0.05) is 11.5 Å². The molecule has 0 saturated heterocycles. The Morgan fingerprint density at radius 3 is 2.35 bits per heavy atom. The van der Waals surface area contributed by atoms with Crippen molar-refractivity contribution < 1.29 is 4.79 Å². The molecule has 2 heteroatoms. The lowest BCUT2D eigenvalue weighted by atomic mass is 9.86. The van der Waals surface area contributed by atoms with E-state index in [4.69, 9.17) is 11.6 Å². The maximum absolute atomic E-state index is 11.5. The van der Waals surface area contributed by atoms with Crippen LogP contribution in [0.25, 0.3) is 0 Å². The predicted molar refractivity (Wildman–Crippen MR) is 71.4 cm³/mol. The van der Waals surface area contributed by atoms with Gasteiger partial charge in [-0.1, -0.05) is 49.7 Å². The highest BCUT2D eigenvalue weighted by Crippen LogP contribution is 2.33. The molecule has 0 spiro atoms. The third kappa shape index (κ3) is 2.98. The molecule has 0 N–H and O–H groups in total. The van der Waals surface area contributed by atoms with Crippen LogP contribution in [0.1, 0.15) is 49.7 Å². The molecule has 0 aromatic heterocycles. The summed E-state index contributed by atoms with van der Waals surface area (Å²) in [6, 6.07) is 8.55. The molecule has 0 bridgehead atoms. The minimum Gasteiger partial charge on any atom is -0.295 e. The second-order valence-corrected chi connectivity index (χ2v) is 5.47. The number of hydrogen-bond donors (Lipinski definition) is 0. The molecular weight excluding hydrogens is 232 g/mol. The molecule has 0 aliphatic heterocycles. The van der Waals surface area contributed by atoms with Gasteiger partial charge in [-0.2, -0.15) is 0 Å². The van der Waals surface area contributed by atoms with Crippen LogP contribution in [0.5, 0.6) is 0 Å². The predicted octanol–water partition coefficient (Wildman–Crippen LogP) is 4.38. The number of halogens is 1. The molecule has 1 aliphatic rings. The fourth-order valence-electron chi connectivity index (χ4n) is 2.23. The first-order chi connectivity index (χ1) is 8.06. The van der Waals surface area contributed by atoms with E-state index in [0.717, 1.165) is 6.42 Å². The summed E-state index contributed by atoms with van der Waals surface area (Å²) >= 11 is 5.98. The Morgan fingerprint density at radius 2 is 1.82 bits per heavy atom. The first kappa shape index (κ1) is 12.4. The first-order valence-corrected chi connectivity index (χ1v) is 6.43. The van der Waals surface area contributed by atoms with Crippen molar-refractivity contribution in [2.45, 2.75) is 38.5 Å². The van der Waals surface area contributed by atoms with Crippen LogP contribution in [-0.4, -0.2) is 5.78 Å². The fourth-order valence-corrected chi connectivity index (χ4v) is 2.54. The van der Waals surface area contributed by atoms with E-state index in [1.807, 2.05) is 0 Å². The molecule has 1 unspecified atom stereocenters. The molecule has 1 nitrogen and oxygen atoms in total. The van der Waals surface area contributed by atoms with Crippen LogP contribution in [-0.2, 0) is 4.79 Å². The van der Waals surface area contributed by atoms with Gasteiger partial charge >= 0.3 is 0 Å². The van der Waals surface area contributed by atoms with Crippen molar-refractivity contribution in [3.05, 3.63) is 46.5 Å². The molecule has 17 heavy (non-hydrogen) atoms. The average molecular weight is 249 g/mol. The fraction of sp³-hybridized carbons (Fsp3) is 0.400. The molecule has 1 aromatic rings. The van der Waals surface area contributed by atoms with Gasteiger partial charge in [-0.25, -0.2) is 0 Å². The number of carbonyl (C=O) groups is 1. The van der Waals surface area contributed by atoms with Gasteiger partial charge in [0.05, 0.1) is 0 Å². The first-order valence-electron chi connectivity index (χ1n) is 6.05. The molecule has 2 rings (SSSR count). The van der Waals surface area contributed by atoms with E-state index >= 15 is 0 Å². The van der Waals surface area contributed by atoms with Crippen LogP contribution in [0, 0.1) is 0 Å². The maximum atomic E-state index is 11.5. The Bertz CT molecular complexity index is 442. The number of allylic oxidation sites excluding steroid dienone is 2. The zero-order valence-corrected chi connectivity index (χ0v) is 11.0. The van der Waals surface area contributed by atoms with Crippen LogP contribution in [0.15, 0.2) is 35.4 Å².